The van der Waals surface area contributed by atoms with Gasteiger partial charge in [0.1, 0.15) is 5.82 Å². The Bertz CT molecular complexity index is 1630. The highest BCUT2D eigenvalue weighted by Crippen LogP contribution is 2.28. The molecule has 1 aliphatic heterocycles. The van der Waals surface area contributed by atoms with Gasteiger partial charge in [-0.15, -0.1) is 16.8 Å². The molecule has 1 unspecified atom stereocenters. The Morgan fingerprint density at radius 2 is 2.00 bits per heavy atom. The van der Waals surface area contributed by atoms with E-state index in [4.69, 9.17) is 4.98 Å². The zero-order valence-electron chi connectivity index (χ0n) is 19.6. The average Bonchev–Trinajstić information content (AvgIpc) is 3.54. The SMILES string of the molecule is C=CCn1c(=O)c2ccccc2n2c(SCC(=O)N3CCCC(c4nc5ccccc5[nH]4)C3)nnc12. The van der Waals surface area contributed by atoms with Crippen LogP contribution in [0.25, 0.3) is 27.7 Å². The molecule has 10 heteroatoms. The average molecular weight is 500 g/mol. The first-order chi connectivity index (χ1) is 17.6. The van der Waals surface area contributed by atoms with Crippen molar-refractivity contribution in [1.82, 2.24) is 34.0 Å². The van der Waals surface area contributed by atoms with Gasteiger partial charge in [0.05, 0.1) is 27.7 Å². The number of imidazole rings is 1. The van der Waals surface area contributed by atoms with Gasteiger partial charge in [-0.25, -0.2) is 4.98 Å². The number of hydrogen-bond acceptors (Lipinski definition) is 6. The Morgan fingerprint density at radius 3 is 2.86 bits per heavy atom. The second-order valence-electron chi connectivity index (χ2n) is 8.95. The number of nitrogens with one attached hydrogen (secondary N) is 1. The molecule has 182 valence electrons. The summed E-state index contributed by atoms with van der Waals surface area (Å²) in [6.45, 7) is 5.46. The van der Waals surface area contributed by atoms with Crippen molar-refractivity contribution < 1.29 is 4.79 Å². The van der Waals surface area contributed by atoms with Crippen LogP contribution in [-0.4, -0.2) is 58.8 Å². The molecule has 0 radical (unpaired) electrons. The number of para-hydroxylation sites is 3. The number of aromatic nitrogens is 6. The fourth-order valence-corrected chi connectivity index (χ4v) is 5.77. The van der Waals surface area contributed by atoms with Gasteiger partial charge in [-0.2, -0.15) is 0 Å². The molecule has 0 aliphatic carbocycles. The molecule has 0 spiro atoms. The summed E-state index contributed by atoms with van der Waals surface area (Å²) < 4.78 is 3.41. The highest BCUT2D eigenvalue weighted by Gasteiger charge is 2.27. The molecule has 1 N–H and O–H groups in total. The molecule has 1 aliphatic rings. The van der Waals surface area contributed by atoms with Gasteiger partial charge in [0.2, 0.25) is 11.7 Å². The van der Waals surface area contributed by atoms with Gasteiger partial charge in [0, 0.05) is 25.6 Å². The van der Waals surface area contributed by atoms with Crippen LogP contribution in [-0.2, 0) is 11.3 Å². The molecular formula is C26H25N7O2S. The lowest BCUT2D eigenvalue weighted by molar-refractivity contribution is -0.129. The van der Waals surface area contributed by atoms with Crippen LogP contribution in [0.3, 0.4) is 0 Å². The number of carbonyl (C=O) groups excluding carboxylic acids is 1. The van der Waals surface area contributed by atoms with Crippen molar-refractivity contribution in [3.63, 3.8) is 0 Å². The molecular weight excluding hydrogens is 474 g/mol. The predicted molar refractivity (Wildman–Crippen MR) is 140 cm³/mol. The zero-order chi connectivity index (χ0) is 24.6. The van der Waals surface area contributed by atoms with E-state index in [0.29, 0.717) is 29.4 Å². The quantitative estimate of drug-likeness (QED) is 0.283. The summed E-state index contributed by atoms with van der Waals surface area (Å²) in [6.07, 6.45) is 3.60. The number of aromatic amines is 1. The number of piperidine rings is 1. The minimum atomic E-state index is -0.136. The van der Waals surface area contributed by atoms with Gasteiger partial charge in [-0.05, 0) is 37.1 Å². The number of benzene rings is 2. The summed E-state index contributed by atoms with van der Waals surface area (Å²) in [5, 5.41) is 9.77. The Balaban J connectivity index is 1.23. The molecule has 1 atom stereocenters. The number of thioether (sulfide) groups is 1. The molecule has 1 amide bonds. The number of likely N-dealkylation sites (tertiary alicyclic amines) is 1. The van der Waals surface area contributed by atoms with E-state index >= 15 is 0 Å². The maximum Gasteiger partial charge on any atom is 0.263 e. The third kappa shape index (κ3) is 3.87. The number of allylic oxidation sites excluding steroid dienone is 1. The second kappa shape index (κ2) is 9.27. The van der Waals surface area contributed by atoms with Crippen LogP contribution in [0.2, 0.25) is 0 Å². The molecule has 6 rings (SSSR count). The topological polar surface area (TPSA) is 101 Å². The molecule has 4 heterocycles. The zero-order valence-corrected chi connectivity index (χ0v) is 20.4. The summed E-state index contributed by atoms with van der Waals surface area (Å²) in [4.78, 5) is 36.3. The van der Waals surface area contributed by atoms with Gasteiger partial charge in [0.25, 0.3) is 5.56 Å². The lowest BCUT2D eigenvalue weighted by atomic mass is 9.97. The minimum Gasteiger partial charge on any atom is -0.342 e. The Labute approximate surface area is 210 Å². The second-order valence-corrected chi connectivity index (χ2v) is 9.89. The van der Waals surface area contributed by atoms with Gasteiger partial charge in [-0.1, -0.05) is 42.1 Å². The van der Waals surface area contributed by atoms with Crippen LogP contribution in [0, 0.1) is 0 Å². The van der Waals surface area contributed by atoms with Crippen LogP contribution in [0.4, 0.5) is 0 Å². The van der Waals surface area contributed by atoms with E-state index in [2.05, 4.69) is 21.8 Å². The molecule has 5 aromatic rings. The van der Waals surface area contributed by atoms with Crippen LogP contribution in [0.15, 0.2) is 71.1 Å². The minimum absolute atomic E-state index is 0.0567. The standard InChI is InChI=1S/C26H25N7O2S/c1-2-13-32-24(35)18-9-3-6-12-21(18)33-25(32)29-30-26(33)36-16-22(34)31-14-7-8-17(15-31)23-27-19-10-4-5-11-20(19)28-23/h2-6,9-12,17H,1,7-8,13-16H2,(H,27,28). The van der Waals surface area contributed by atoms with Gasteiger partial charge >= 0.3 is 0 Å². The first-order valence-electron chi connectivity index (χ1n) is 12.0. The predicted octanol–water partition coefficient (Wildman–Crippen LogP) is 3.60. The fourth-order valence-electron chi connectivity index (χ4n) is 4.93. The third-order valence-corrected chi connectivity index (χ3v) is 7.60. The van der Waals surface area contributed by atoms with Gasteiger partial charge in [-0.3, -0.25) is 18.6 Å². The van der Waals surface area contributed by atoms with Crippen molar-refractivity contribution in [3.05, 3.63) is 77.4 Å². The van der Waals surface area contributed by atoms with Crippen molar-refractivity contribution in [2.45, 2.75) is 30.5 Å². The number of hydrogen-bond donors (Lipinski definition) is 1. The van der Waals surface area contributed by atoms with Gasteiger partial charge in [0.15, 0.2) is 5.16 Å². The molecule has 0 saturated carbocycles. The molecule has 1 fully saturated rings. The molecule has 0 bridgehead atoms. The molecule has 3 aromatic heterocycles. The first-order valence-corrected chi connectivity index (χ1v) is 13.0. The lowest BCUT2D eigenvalue weighted by Gasteiger charge is -2.31. The molecule has 36 heavy (non-hydrogen) atoms. The van der Waals surface area contributed by atoms with Crippen LogP contribution < -0.4 is 5.56 Å². The Kier molecular flexibility index (Phi) is 5.80. The summed E-state index contributed by atoms with van der Waals surface area (Å²) in [7, 11) is 0. The number of nitrogens with zero attached hydrogens (tertiary/aromatic N) is 6. The highest BCUT2D eigenvalue weighted by atomic mass is 32.2. The maximum absolute atomic E-state index is 13.2. The summed E-state index contributed by atoms with van der Waals surface area (Å²) in [5.74, 6) is 1.86. The van der Waals surface area contributed by atoms with Crippen molar-refractivity contribution in [1.29, 1.82) is 0 Å². The van der Waals surface area contributed by atoms with Crippen LogP contribution in [0.1, 0.15) is 24.6 Å². The third-order valence-electron chi connectivity index (χ3n) is 6.68. The normalized spacial score (nSPS) is 16.2. The van der Waals surface area contributed by atoms with E-state index < -0.39 is 0 Å². The Morgan fingerprint density at radius 1 is 1.17 bits per heavy atom. The van der Waals surface area contributed by atoms with Crippen molar-refractivity contribution in [2.75, 3.05) is 18.8 Å². The maximum atomic E-state index is 13.2. The van der Waals surface area contributed by atoms with Crippen molar-refractivity contribution >= 4 is 45.4 Å². The van der Waals surface area contributed by atoms with E-state index in [0.717, 1.165) is 41.8 Å². The van der Waals surface area contributed by atoms with Crippen molar-refractivity contribution in [3.8, 4) is 0 Å². The smallest absolute Gasteiger partial charge is 0.263 e. The highest BCUT2D eigenvalue weighted by molar-refractivity contribution is 7.99. The monoisotopic (exact) mass is 499 g/mol. The Hall–Kier alpha value is -3.92. The van der Waals surface area contributed by atoms with Gasteiger partial charge < -0.3 is 9.88 Å². The van der Waals surface area contributed by atoms with E-state index in [-0.39, 0.29) is 23.1 Å². The fraction of sp³-hybridized carbons (Fsp3) is 0.269. The summed E-state index contributed by atoms with van der Waals surface area (Å²) >= 11 is 1.34. The molecule has 2 aromatic carbocycles. The van der Waals surface area contributed by atoms with E-state index in [1.54, 1.807) is 16.7 Å². The van der Waals surface area contributed by atoms with Crippen molar-refractivity contribution in [2.24, 2.45) is 0 Å². The van der Waals surface area contributed by atoms with Crippen LogP contribution in [0.5, 0.6) is 0 Å². The number of fused-ring (bicyclic) bond motifs is 4. The van der Waals surface area contributed by atoms with Crippen LogP contribution >= 0.6 is 11.8 Å². The van der Waals surface area contributed by atoms with E-state index in [1.807, 2.05) is 51.8 Å². The first kappa shape index (κ1) is 22.5. The lowest BCUT2D eigenvalue weighted by Crippen LogP contribution is -2.40. The number of carbonyl (C=O) groups is 1. The number of H-pyrrole nitrogens is 1. The van der Waals surface area contributed by atoms with E-state index in [1.165, 1.54) is 11.8 Å². The number of rotatable bonds is 6. The summed E-state index contributed by atoms with van der Waals surface area (Å²) in [5.41, 5.74) is 2.56. The number of amides is 1. The largest absolute Gasteiger partial charge is 0.342 e. The summed E-state index contributed by atoms with van der Waals surface area (Å²) in [6, 6.07) is 15.4. The molecule has 1 saturated heterocycles. The van der Waals surface area contributed by atoms with E-state index in [9.17, 15) is 9.59 Å². The molecule has 9 nitrogen and oxygen atoms in total.